The number of hydrogen-bond acceptors (Lipinski definition) is 5. The van der Waals surface area contributed by atoms with Crippen molar-refractivity contribution in [3.8, 4) is 0 Å². The maximum absolute atomic E-state index is 12.4. The zero-order valence-electron chi connectivity index (χ0n) is 12.4. The molecular formula is C16H18O5Se. The van der Waals surface area contributed by atoms with E-state index >= 15 is 0 Å². The fraction of sp³-hybridized carbons (Fsp3) is 0.562. The number of rotatable bonds is 4. The fourth-order valence-electron chi connectivity index (χ4n) is 3.20. The summed E-state index contributed by atoms with van der Waals surface area (Å²) in [6, 6.07) is 10.1. The number of methoxy groups -OCH3 is 1. The van der Waals surface area contributed by atoms with Gasteiger partial charge in [-0.1, -0.05) is 0 Å². The summed E-state index contributed by atoms with van der Waals surface area (Å²) in [4.78, 5) is 12.4. The Hall–Kier alpha value is -0.911. The Morgan fingerprint density at radius 1 is 1.18 bits per heavy atom. The molecule has 3 fully saturated rings. The van der Waals surface area contributed by atoms with E-state index in [4.69, 9.17) is 18.9 Å². The van der Waals surface area contributed by atoms with Gasteiger partial charge in [0.15, 0.2) is 0 Å². The van der Waals surface area contributed by atoms with Crippen LogP contribution in [-0.4, -0.2) is 58.7 Å². The summed E-state index contributed by atoms with van der Waals surface area (Å²) in [5.74, 6) is -0.122. The molecule has 3 aliphatic rings. The third kappa shape index (κ3) is 2.39. The van der Waals surface area contributed by atoms with E-state index in [0.717, 1.165) is 0 Å². The first-order chi connectivity index (χ1) is 10.6. The Morgan fingerprint density at radius 3 is 2.64 bits per heavy atom. The number of fused-ring (bicyclic) bond motifs is 1. The van der Waals surface area contributed by atoms with Crippen LogP contribution in [0.4, 0.5) is 0 Å². The van der Waals surface area contributed by atoms with Gasteiger partial charge in [-0.05, 0) is 0 Å². The first-order valence-corrected chi connectivity index (χ1v) is 9.11. The van der Waals surface area contributed by atoms with Gasteiger partial charge in [-0.25, -0.2) is 0 Å². The van der Waals surface area contributed by atoms with Gasteiger partial charge < -0.3 is 0 Å². The topological polar surface area (TPSA) is 57.3 Å². The normalized spacial score (nSPS) is 43.0. The number of ether oxygens (including phenoxy) is 4. The Kier molecular flexibility index (Phi) is 3.55. The minimum atomic E-state index is -0.447. The second-order valence-electron chi connectivity index (χ2n) is 6.06. The van der Waals surface area contributed by atoms with Crippen molar-refractivity contribution >= 4 is 25.4 Å². The second-order valence-corrected chi connectivity index (χ2v) is 9.37. The zero-order valence-corrected chi connectivity index (χ0v) is 14.1. The van der Waals surface area contributed by atoms with Gasteiger partial charge in [0, 0.05) is 0 Å². The number of epoxide rings is 1. The van der Waals surface area contributed by atoms with Crippen molar-refractivity contribution in [1.29, 1.82) is 0 Å². The quantitative estimate of drug-likeness (QED) is 0.443. The molecule has 1 aromatic rings. The summed E-state index contributed by atoms with van der Waals surface area (Å²) in [7, 11) is 1.61. The molecule has 0 radical (unpaired) electrons. The molecule has 4 rings (SSSR count). The molecule has 0 aromatic heterocycles. The molecule has 0 aliphatic carbocycles. The van der Waals surface area contributed by atoms with Gasteiger partial charge in [0.2, 0.25) is 0 Å². The van der Waals surface area contributed by atoms with Crippen molar-refractivity contribution in [2.75, 3.05) is 7.11 Å². The molecule has 0 bridgehead atoms. The molecule has 6 atom stereocenters. The van der Waals surface area contributed by atoms with Gasteiger partial charge in [-0.3, -0.25) is 0 Å². The SMILES string of the molecule is CO[C@@H]1O[C@H]([C@@H]2CC(C)([Se]c3ccccc3)C(=O)O2)[C@@H]2O[C@H]12. The zero-order chi connectivity index (χ0) is 15.3. The van der Waals surface area contributed by atoms with Gasteiger partial charge >= 0.3 is 135 Å². The Labute approximate surface area is 135 Å². The number of hydrogen-bond donors (Lipinski definition) is 0. The Morgan fingerprint density at radius 2 is 1.95 bits per heavy atom. The molecule has 0 saturated carbocycles. The number of carbonyl (C=O) groups excluding carboxylic acids is 1. The van der Waals surface area contributed by atoms with Crippen molar-refractivity contribution in [3.63, 3.8) is 0 Å². The van der Waals surface area contributed by atoms with Crippen molar-refractivity contribution in [2.24, 2.45) is 0 Å². The van der Waals surface area contributed by atoms with Gasteiger partial charge in [0.25, 0.3) is 0 Å². The van der Waals surface area contributed by atoms with Gasteiger partial charge in [-0.15, -0.1) is 0 Å². The fourth-order valence-corrected chi connectivity index (χ4v) is 5.71. The van der Waals surface area contributed by atoms with E-state index in [9.17, 15) is 4.79 Å². The van der Waals surface area contributed by atoms with E-state index in [-0.39, 0.29) is 51.6 Å². The summed E-state index contributed by atoms with van der Waals surface area (Å²) < 4.78 is 23.0. The molecule has 1 aromatic carbocycles. The minimum absolute atomic E-state index is 0.000178. The molecule has 118 valence electrons. The summed E-state index contributed by atoms with van der Waals surface area (Å²) >= 11 is 0.0309. The predicted octanol–water partition coefficient (Wildman–Crippen LogP) is 0.649. The van der Waals surface area contributed by atoms with Crippen molar-refractivity contribution in [2.45, 2.75) is 48.4 Å². The molecule has 0 amide bonds. The first kappa shape index (κ1) is 14.7. The standard InChI is InChI=1S/C16H18O5Se/c1-16(22-9-6-4-3-5-7-9)8-10(19-15(16)17)11-12-13(20-12)14(18-2)21-11/h3-7,10-14H,8H2,1-2H3/t10-,11+,12-,13-,14+,16?/m0/s1. The molecule has 6 heteroatoms. The molecule has 3 heterocycles. The van der Waals surface area contributed by atoms with Crippen molar-refractivity contribution in [3.05, 3.63) is 30.3 Å². The maximum atomic E-state index is 12.4. The van der Waals surface area contributed by atoms with Crippen LogP contribution in [0, 0.1) is 0 Å². The number of carbonyl (C=O) groups is 1. The van der Waals surface area contributed by atoms with Crippen molar-refractivity contribution < 1.29 is 23.7 Å². The van der Waals surface area contributed by atoms with Crippen LogP contribution in [0.3, 0.4) is 0 Å². The monoisotopic (exact) mass is 370 g/mol. The Balaban J connectivity index is 1.47. The van der Waals surface area contributed by atoms with Crippen LogP contribution >= 0.6 is 0 Å². The number of cyclic esters (lactones) is 1. The number of benzene rings is 1. The van der Waals surface area contributed by atoms with E-state index in [1.807, 2.05) is 25.1 Å². The van der Waals surface area contributed by atoms with Crippen molar-refractivity contribution in [1.82, 2.24) is 0 Å². The third-order valence-corrected chi connectivity index (χ3v) is 7.12. The van der Waals surface area contributed by atoms with Crippen LogP contribution in [-0.2, 0) is 23.7 Å². The molecule has 0 N–H and O–H groups in total. The van der Waals surface area contributed by atoms with Gasteiger partial charge in [0.05, 0.1) is 0 Å². The molecule has 1 unspecified atom stereocenters. The molecule has 0 spiro atoms. The van der Waals surface area contributed by atoms with Crippen LogP contribution < -0.4 is 4.46 Å². The average Bonchev–Trinajstić information content (AvgIpc) is 3.13. The van der Waals surface area contributed by atoms with Crippen LogP contribution in [0.15, 0.2) is 30.3 Å². The van der Waals surface area contributed by atoms with Gasteiger partial charge in [0.1, 0.15) is 0 Å². The Bertz CT molecular complexity index is 579. The second kappa shape index (κ2) is 5.32. The van der Waals surface area contributed by atoms with Crippen LogP contribution in [0.2, 0.25) is 4.31 Å². The van der Waals surface area contributed by atoms with Gasteiger partial charge in [-0.2, -0.15) is 0 Å². The summed E-state index contributed by atoms with van der Waals surface area (Å²) in [5, 5.41) is 0. The molecule has 3 saturated heterocycles. The van der Waals surface area contributed by atoms with E-state index < -0.39 is 4.31 Å². The first-order valence-electron chi connectivity index (χ1n) is 7.39. The van der Waals surface area contributed by atoms with E-state index in [1.165, 1.54) is 4.46 Å². The molecule has 3 aliphatic heterocycles. The summed E-state index contributed by atoms with van der Waals surface area (Å²) in [5.41, 5.74) is 0. The molecule has 5 nitrogen and oxygen atoms in total. The predicted molar refractivity (Wildman–Crippen MR) is 79.0 cm³/mol. The average molecular weight is 369 g/mol. The van der Waals surface area contributed by atoms with Crippen LogP contribution in [0.25, 0.3) is 0 Å². The summed E-state index contributed by atoms with van der Waals surface area (Å²) in [6.45, 7) is 2.00. The molecular weight excluding hydrogens is 351 g/mol. The van der Waals surface area contributed by atoms with E-state index in [0.29, 0.717) is 6.42 Å². The third-order valence-electron chi connectivity index (χ3n) is 4.41. The van der Waals surface area contributed by atoms with E-state index in [2.05, 4.69) is 12.1 Å². The van der Waals surface area contributed by atoms with Crippen LogP contribution in [0.1, 0.15) is 13.3 Å². The molecule has 22 heavy (non-hydrogen) atoms. The summed E-state index contributed by atoms with van der Waals surface area (Å²) in [6.07, 6.45) is -0.0887. The number of esters is 1. The van der Waals surface area contributed by atoms with Crippen LogP contribution in [0.5, 0.6) is 0 Å². The van der Waals surface area contributed by atoms with E-state index in [1.54, 1.807) is 7.11 Å².